The molecule has 0 aliphatic rings. The van der Waals surface area contributed by atoms with Crippen LogP contribution in [-0.4, -0.2) is 23.3 Å². The zero-order valence-corrected chi connectivity index (χ0v) is 42.6. The zero-order valence-electron chi connectivity index (χ0n) is 42.6. The van der Waals surface area contributed by atoms with Crippen LogP contribution in [0.3, 0.4) is 0 Å². The molecule has 5 heterocycles. The molecule has 7 nitrogen and oxygen atoms in total. The lowest BCUT2D eigenvalue weighted by Crippen LogP contribution is -2.29. The highest BCUT2D eigenvalue weighted by molar-refractivity contribution is 6.40. The van der Waals surface area contributed by atoms with Crippen molar-refractivity contribution in [3.8, 4) is 62.3 Å². The van der Waals surface area contributed by atoms with Gasteiger partial charge in [0.2, 0.25) is 0 Å². The van der Waals surface area contributed by atoms with Crippen molar-refractivity contribution >= 4 is 76.5 Å². The quantitative estimate of drug-likeness (QED) is 0.107. The molecule has 0 aliphatic heterocycles. The summed E-state index contributed by atoms with van der Waals surface area (Å²) in [5, 5.41) is 6.92. The molecule has 0 spiro atoms. The van der Waals surface area contributed by atoms with Gasteiger partial charge in [-0.2, -0.15) is 0 Å². The molecule has 5 aromatic heterocycles. The standard InChI is InChI=1S/C72H46N6O/c1-5-23-48(24-6-1)55-35-22-36-56(49-25-7-2-8-26-49)69(55)75-47-74(62-39-17-18-40-63(62)75)52-31-21-32-53(45-52)79-54-42-43-59-64(46-54)78(65-41-19-20-44-73-65)72-67-58-34-14-16-38-61(58)76(50-27-9-3-10-28-50)70(67)66-57-33-13-15-37-60(57)77(71(66)68(59)72)51-29-11-4-12-30-51/h1-46H. The Morgan fingerprint density at radius 3 is 1.46 bits per heavy atom. The van der Waals surface area contributed by atoms with Crippen molar-refractivity contribution in [1.29, 1.82) is 0 Å². The van der Waals surface area contributed by atoms with Gasteiger partial charge in [0, 0.05) is 56.0 Å². The maximum atomic E-state index is 7.06. The molecular formula is C72H46N6O. The first-order valence-electron chi connectivity index (χ1n) is 26.7. The first-order valence-corrected chi connectivity index (χ1v) is 26.7. The Morgan fingerprint density at radius 2 is 0.861 bits per heavy atom. The first kappa shape index (κ1) is 44.5. The lowest BCUT2D eigenvalue weighted by atomic mass is 9.95. The third kappa shape index (κ3) is 6.93. The molecule has 11 aromatic carbocycles. The van der Waals surface area contributed by atoms with Gasteiger partial charge in [-0.15, -0.1) is 0 Å². The second-order valence-corrected chi connectivity index (χ2v) is 20.0. The van der Waals surface area contributed by atoms with Gasteiger partial charge in [0.05, 0.1) is 55.5 Å². The van der Waals surface area contributed by atoms with E-state index in [1.807, 2.05) is 18.3 Å². The van der Waals surface area contributed by atoms with Gasteiger partial charge in [0.15, 0.2) is 0 Å². The minimum absolute atomic E-state index is 0.699. The van der Waals surface area contributed by atoms with Crippen LogP contribution in [0.25, 0.3) is 127 Å². The molecule has 0 saturated carbocycles. The maximum absolute atomic E-state index is 7.06. The molecule has 0 unspecified atom stereocenters. The number of imidazole rings is 1. The second-order valence-electron chi connectivity index (χ2n) is 20.0. The lowest BCUT2D eigenvalue weighted by Gasteiger charge is -2.17. The van der Waals surface area contributed by atoms with Crippen molar-refractivity contribution < 1.29 is 9.30 Å². The second kappa shape index (κ2) is 17.9. The van der Waals surface area contributed by atoms with E-state index in [0.29, 0.717) is 11.5 Å². The highest BCUT2D eigenvalue weighted by Gasteiger charge is 2.29. The smallest absolute Gasteiger partial charge is 0.269 e. The Morgan fingerprint density at radius 1 is 0.367 bits per heavy atom. The van der Waals surface area contributed by atoms with E-state index in [0.717, 1.165) is 116 Å². The average molecular weight is 1010 g/mol. The van der Waals surface area contributed by atoms with Crippen molar-refractivity contribution in [3.05, 3.63) is 286 Å². The fourth-order valence-corrected chi connectivity index (χ4v) is 12.4. The fraction of sp³-hybridized carbons (Fsp3) is 0. The molecule has 0 aliphatic carbocycles. The molecule has 0 N–H and O–H groups in total. The molecule has 0 bridgehead atoms. The molecule has 0 saturated heterocycles. The summed E-state index contributed by atoms with van der Waals surface area (Å²) in [6.07, 6.45) is 5.73. The molecule has 79 heavy (non-hydrogen) atoms. The van der Waals surface area contributed by atoms with Crippen LogP contribution in [0.5, 0.6) is 11.5 Å². The van der Waals surface area contributed by atoms with E-state index in [1.54, 1.807) is 0 Å². The van der Waals surface area contributed by atoms with Crippen LogP contribution in [0.1, 0.15) is 0 Å². The Balaban J connectivity index is 0.929. The van der Waals surface area contributed by atoms with Crippen molar-refractivity contribution in [3.63, 3.8) is 0 Å². The van der Waals surface area contributed by atoms with Crippen molar-refractivity contribution in [1.82, 2.24) is 23.3 Å². The van der Waals surface area contributed by atoms with Gasteiger partial charge in [0.25, 0.3) is 6.33 Å². The van der Waals surface area contributed by atoms with Gasteiger partial charge in [0.1, 0.15) is 17.3 Å². The number of aromatic nitrogens is 6. The van der Waals surface area contributed by atoms with Gasteiger partial charge < -0.3 is 13.9 Å². The molecule has 16 aromatic rings. The van der Waals surface area contributed by atoms with Crippen LogP contribution in [0.4, 0.5) is 0 Å². The number of ether oxygens (including phenoxy) is 1. The predicted octanol–water partition coefficient (Wildman–Crippen LogP) is 17.5. The topological polar surface area (TPSA) is 45.7 Å². The Labute approximate surface area is 454 Å². The number of hydrogen-bond acceptors (Lipinski definition) is 2. The lowest BCUT2D eigenvalue weighted by molar-refractivity contribution is -0.572. The van der Waals surface area contributed by atoms with E-state index in [2.05, 4.69) is 290 Å². The average Bonchev–Trinajstić information content (AvgIpc) is 4.10. The highest BCUT2D eigenvalue weighted by Crippen LogP contribution is 2.51. The van der Waals surface area contributed by atoms with Crippen LogP contribution < -0.4 is 9.30 Å². The molecule has 370 valence electrons. The summed E-state index contributed by atoms with van der Waals surface area (Å²) in [6.45, 7) is 0. The Bertz CT molecular complexity index is 4960. The molecule has 16 rings (SSSR count). The molecule has 0 fully saturated rings. The fourth-order valence-electron chi connectivity index (χ4n) is 12.4. The van der Waals surface area contributed by atoms with Crippen LogP contribution in [0.2, 0.25) is 0 Å². The molecule has 0 amide bonds. The van der Waals surface area contributed by atoms with Gasteiger partial charge in [-0.3, -0.25) is 13.7 Å². The van der Waals surface area contributed by atoms with Crippen LogP contribution in [0, 0.1) is 6.33 Å². The summed E-state index contributed by atoms with van der Waals surface area (Å²) in [4.78, 5) is 5.13. The summed E-state index contributed by atoms with van der Waals surface area (Å²) in [6, 6.07) is 96.6. The third-order valence-electron chi connectivity index (χ3n) is 15.6. The van der Waals surface area contributed by atoms with Crippen LogP contribution >= 0.6 is 0 Å². The van der Waals surface area contributed by atoms with Gasteiger partial charge >= 0.3 is 0 Å². The summed E-state index contributed by atoms with van der Waals surface area (Å²) in [5.41, 5.74) is 17.3. The van der Waals surface area contributed by atoms with Gasteiger partial charge in [-0.1, -0.05) is 188 Å². The minimum atomic E-state index is 0.699. The highest BCUT2D eigenvalue weighted by atomic mass is 16.5. The number of hydrogen-bond donors (Lipinski definition) is 0. The van der Waals surface area contributed by atoms with Crippen LogP contribution in [0.15, 0.2) is 279 Å². The van der Waals surface area contributed by atoms with Crippen molar-refractivity contribution in [2.24, 2.45) is 0 Å². The number of benzene rings is 11. The Kier molecular flexibility index (Phi) is 10.1. The molecule has 0 atom stereocenters. The van der Waals surface area contributed by atoms with Gasteiger partial charge in [-0.25, -0.2) is 4.98 Å². The van der Waals surface area contributed by atoms with E-state index in [4.69, 9.17) is 9.72 Å². The van der Waals surface area contributed by atoms with Crippen molar-refractivity contribution in [2.45, 2.75) is 0 Å². The largest absolute Gasteiger partial charge is 0.458 e. The normalized spacial score (nSPS) is 11.8. The maximum Gasteiger partial charge on any atom is 0.269 e. The predicted molar refractivity (Wildman–Crippen MR) is 322 cm³/mol. The Hall–Kier alpha value is -10.8. The summed E-state index contributed by atoms with van der Waals surface area (Å²) < 4.78 is 18.7. The number of para-hydroxylation sites is 7. The summed E-state index contributed by atoms with van der Waals surface area (Å²) >= 11 is 0. The molecule has 7 heteroatoms. The van der Waals surface area contributed by atoms with E-state index < -0.39 is 0 Å². The minimum Gasteiger partial charge on any atom is -0.458 e. The van der Waals surface area contributed by atoms with Crippen molar-refractivity contribution in [2.75, 3.05) is 0 Å². The van der Waals surface area contributed by atoms with E-state index in [-0.39, 0.29) is 0 Å². The third-order valence-corrected chi connectivity index (χ3v) is 15.6. The first-order chi connectivity index (χ1) is 39.2. The summed E-state index contributed by atoms with van der Waals surface area (Å²) in [7, 11) is 0. The monoisotopic (exact) mass is 1010 g/mol. The molecule has 0 radical (unpaired) electrons. The SMILES string of the molecule is [c-]1n(-c2c(-c3ccccc3)cccc2-c2ccccc2)c2ccccc2[n+]1-c1cccc(Oc2ccc3c4c5c(c6ccccc6n5-c5ccccc5)c5c(c6ccccc6n5-c5ccccc5)c4n(-c4ccccn4)c3c2)c1. The van der Waals surface area contributed by atoms with E-state index >= 15 is 0 Å². The van der Waals surface area contributed by atoms with E-state index in [1.165, 1.54) is 10.8 Å². The van der Waals surface area contributed by atoms with Gasteiger partial charge in [-0.05, 0) is 101 Å². The summed E-state index contributed by atoms with van der Waals surface area (Å²) in [5.74, 6) is 2.21. The zero-order chi connectivity index (χ0) is 52.0. The number of rotatable bonds is 9. The number of nitrogens with zero attached hydrogens (tertiary/aromatic N) is 6. The molecular weight excluding hydrogens is 965 g/mol. The number of pyridine rings is 1. The van der Waals surface area contributed by atoms with Crippen LogP contribution in [-0.2, 0) is 0 Å². The number of fused-ring (bicyclic) bond motifs is 13. The van der Waals surface area contributed by atoms with E-state index in [9.17, 15) is 0 Å².